The van der Waals surface area contributed by atoms with Gasteiger partial charge in [-0.1, -0.05) is 0 Å². The van der Waals surface area contributed by atoms with Gasteiger partial charge in [0.15, 0.2) is 6.10 Å². The number of sulfonamides is 1. The molecule has 1 aliphatic rings. The number of esters is 1. The second-order valence-electron chi connectivity index (χ2n) is 7.13. The summed E-state index contributed by atoms with van der Waals surface area (Å²) in [5.74, 6) is -0.441. The van der Waals surface area contributed by atoms with E-state index < -0.39 is 22.1 Å². The molecule has 1 fully saturated rings. The molecule has 1 saturated carbocycles. The summed E-state index contributed by atoms with van der Waals surface area (Å²) in [4.78, 5) is 25.0. The van der Waals surface area contributed by atoms with Crippen LogP contribution < -0.4 is 14.2 Å². The number of ether oxygens (including phenoxy) is 3. The molecule has 3 rings (SSSR count). The quantitative estimate of drug-likeness (QED) is 0.441. The second-order valence-corrected chi connectivity index (χ2v) is 8.81. The molecule has 0 aromatic heterocycles. The van der Waals surface area contributed by atoms with E-state index in [2.05, 4.69) is 4.72 Å². The van der Waals surface area contributed by atoms with Gasteiger partial charge in [-0.3, -0.25) is 4.79 Å². The average Bonchev–Trinajstić information content (AvgIpc) is 3.56. The third-order valence-electron chi connectivity index (χ3n) is 4.69. The van der Waals surface area contributed by atoms with Gasteiger partial charge in [0.1, 0.15) is 16.4 Å². The molecule has 0 radical (unpaired) electrons. The van der Waals surface area contributed by atoms with Gasteiger partial charge in [-0.15, -0.1) is 0 Å². The van der Waals surface area contributed by atoms with Crippen LogP contribution in [-0.4, -0.2) is 46.0 Å². The van der Waals surface area contributed by atoms with Crippen LogP contribution in [0.1, 0.15) is 47.4 Å². The molecule has 1 aliphatic carbocycles. The lowest BCUT2D eigenvalue weighted by Gasteiger charge is -2.15. The molecule has 0 saturated heterocycles. The number of hydrogen-bond acceptors (Lipinski definition) is 7. The van der Waals surface area contributed by atoms with E-state index in [1.807, 2.05) is 6.92 Å². The predicted octanol–water partition coefficient (Wildman–Crippen LogP) is 2.96. The van der Waals surface area contributed by atoms with E-state index in [1.165, 1.54) is 32.2 Å². The number of Topliss-reactive ketones (excluding diaryl/α,β-unsaturated/α-hetero) is 1. The first-order valence-electron chi connectivity index (χ1n) is 9.93. The summed E-state index contributed by atoms with van der Waals surface area (Å²) in [7, 11) is -2.51. The molecule has 0 aliphatic heterocycles. The first kappa shape index (κ1) is 22.8. The number of carbonyl (C=O) groups excluding carboxylic acids is 2. The van der Waals surface area contributed by atoms with E-state index in [1.54, 1.807) is 24.3 Å². The number of nitrogens with one attached hydrogen (secondary N) is 1. The maximum atomic E-state index is 12.6. The number of ketones is 1. The smallest absolute Gasteiger partial charge is 0.338 e. The van der Waals surface area contributed by atoms with Crippen molar-refractivity contribution in [2.75, 3.05) is 13.7 Å². The van der Waals surface area contributed by atoms with Gasteiger partial charge in [0.2, 0.25) is 15.8 Å². The molecular formula is C22H25NO7S. The van der Waals surface area contributed by atoms with E-state index in [-0.39, 0.29) is 28.0 Å². The number of carbonyl (C=O) groups is 2. The molecule has 0 amide bonds. The molecule has 166 valence electrons. The number of rotatable bonds is 10. The van der Waals surface area contributed by atoms with Crippen molar-refractivity contribution in [2.24, 2.45) is 0 Å². The summed E-state index contributed by atoms with van der Waals surface area (Å²) in [6.07, 6.45) is 0.486. The Hall–Kier alpha value is -2.91. The summed E-state index contributed by atoms with van der Waals surface area (Å²) in [6, 6.07) is 10.4. The minimum absolute atomic E-state index is 0.00307. The van der Waals surface area contributed by atoms with E-state index in [0.29, 0.717) is 17.9 Å². The molecule has 1 unspecified atom stereocenters. The number of benzene rings is 2. The van der Waals surface area contributed by atoms with Gasteiger partial charge in [-0.05, 0) is 69.2 Å². The van der Waals surface area contributed by atoms with Gasteiger partial charge in [-0.2, -0.15) is 0 Å². The van der Waals surface area contributed by atoms with E-state index in [0.717, 1.165) is 12.8 Å². The first-order valence-corrected chi connectivity index (χ1v) is 11.4. The summed E-state index contributed by atoms with van der Waals surface area (Å²) in [5, 5.41) is 0. The summed E-state index contributed by atoms with van der Waals surface area (Å²) >= 11 is 0. The Balaban J connectivity index is 1.74. The zero-order valence-electron chi connectivity index (χ0n) is 17.6. The zero-order chi connectivity index (χ0) is 22.6. The largest absolute Gasteiger partial charge is 0.495 e. The minimum Gasteiger partial charge on any atom is -0.495 e. The van der Waals surface area contributed by atoms with Crippen LogP contribution in [0.4, 0.5) is 0 Å². The van der Waals surface area contributed by atoms with Crippen LogP contribution >= 0.6 is 0 Å². The fourth-order valence-corrected chi connectivity index (χ4v) is 4.40. The highest BCUT2D eigenvalue weighted by Crippen LogP contribution is 2.28. The highest BCUT2D eigenvalue weighted by atomic mass is 32.2. The zero-order valence-corrected chi connectivity index (χ0v) is 18.4. The van der Waals surface area contributed by atoms with Crippen LogP contribution in [0.5, 0.6) is 11.5 Å². The molecule has 0 bridgehead atoms. The van der Waals surface area contributed by atoms with Crippen LogP contribution in [0, 0.1) is 0 Å². The Labute approximate surface area is 181 Å². The van der Waals surface area contributed by atoms with Crippen molar-refractivity contribution < 1.29 is 32.2 Å². The maximum Gasteiger partial charge on any atom is 0.338 e. The highest BCUT2D eigenvalue weighted by molar-refractivity contribution is 7.89. The Morgan fingerprint density at radius 1 is 1.10 bits per heavy atom. The number of methoxy groups -OCH3 is 1. The van der Waals surface area contributed by atoms with Gasteiger partial charge in [0.25, 0.3) is 0 Å². The van der Waals surface area contributed by atoms with E-state index in [9.17, 15) is 18.0 Å². The van der Waals surface area contributed by atoms with Crippen molar-refractivity contribution >= 4 is 21.8 Å². The molecule has 31 heavy (non-hydrogen) atoms. The lowest BCUT2D eigenvalue weighted by molar-refractivity contribution is 0.0318. The van der Waals surface area contributed by atoms with Gasteiger partial charge in [-0.25, -0.2) is 17.9 Å². The Bertz CT molecular complexity index is 1060. The Kier molecular flexibility index (Phi) is 6.97. The van der Waals surface area contributed by atoms with E-state index in [4.69, 9.17) is 14.2 Å². The molecule has 9 heteroatoms. The topological polar surface area (TPSA) is 108 Å². The fourth-order valence-electron chi connectivity index (χ4n) is 2.90. The van der Waals surface area contributed by atoms with Crippen LogP contribution in [-0.2, 0) is 14.8 Å². The number of hydrogen-bond donors (Lipinski definition) is 1. The molecule has 0 spiro atoms. The fraction of sp³-hybridized carbons (Fsp3) is 0.364. The molecule has 0 heterocycles. The average molecular weight is 448 g/mol. The minimum atomic E-state index is -3.85. The van der Waals surface area contributed by atoms with Crippen molar-refractivity contribution in [2.45, 2.75) is 43.7 Å². The van der Waals surface area contributed by atoms with Gasteiger partial charge in [0.05, 0.1) is 19.3 Å². The van der Waals surface area contributed by atoms with Crippen LogP contribution in [0.25, 0.3) is 0 Å². The molecule has 8 nitrogen and oxygen atoms in total. The standard InChI is InChI=1S/C22H25NO7S/c1-4-29-18-10-5-15(6-11-18)21(24)14(2)30-22(25)16-7-12-19(28-3)20(13-16)31(26,27)23-17-8-9-17/h5-7,10-14,17,23H,4,8-9H2,1-3H3. The van der Waals surface area contributed by atoms with Crippen LogP contribution in [0.2, 0.25) is 0 Å². The highest BCUT2D eigenvalue weighted by Gasteiger charge is 2.31. The van der Waals surface area contributed by atoms with Crippen LogP contribution in [0.3, 0.4) is 0 Å². The third kappa shape index (κ3) is 5.62. The Morgan fingerprint density at radius 3 is 2.32 bits per heavy atom. The first-order chi connectivity index (χ1) is 14.7. The van der Waals surface area contributed by atoms with Crippen molar-refractivity contribution in [3.8, 4) is 11.5 Å². The maximum absolute atomic E-state index is 12.6. The van der Waals surface area contributed by atoms with Gasteiger partial charge in [0, 0.05) is 11.6 Å². The van der Waals surface area contributed by atoms with Crippen molar-refractivity contribution in [1.29, 1.82) is 0 Å². The monoisotopic (exact) mass is 447 g/mol. The van der Waals surface area contributed by atoms with Crippen molar-refractivity contribution in [3.63, 3.8) is 0 Å². The SMILES string of the molecule is CCOc1ccc(C(=O)C(C)OC(=O)c2ccc(OC)c(S(=O)(=O)NC3CC3)c2)cc1. The normalized spacial score (nSPS) is 14.5. The second kappa shape index (κ2) is 9.49. The van der Waals surface area contributed by atoms with Crippen molar-refractivity contribution in [3.05, 3.63) is 53.6 Å². The summed E-state index contributed by atoms with van der Waals surface area (Å²) in [6.45, 7) is 3.84. The molecular weight excluding hydrogens is 422 g/mol. The molecule has 1 N–H and O–H groups in total. The molecule has 2 aromatic carbocycles. The van der Waals surface area contributed by atoms with E-state index >= 15 is 0 Å². The van der Waals surface area contributed by atoms with Crippen LogP contribution in [0.15, 0.2) is 47.4 Å². The van der Waals surface area contributed by atoms with Gasteiger partial charge >= 0.3 is 5.97 Å². The summed E-state index contributed by atoms with van der Waals surface area (Å²) < 4.78 is 43.6. The summed E-state index contributed by atoms with van der Waals surface area (Å²) in [5.41, 5.74) is 0.374. The van der Waals surface area contributed by atoms with Crippen molar-refractivity contribution in [1.82, 2.24) is 4.72 Å². The Morgan fingerprint density at radius 2 is 1.74 bits per heavy atom. The van der Waals surface area contributed by atoms with Gasteiger partial charge < -0.3 is 14.2 Å². The third-order valence-corrected chi connectivity index (χ3v) is 6.23. The lowest BCUT2D eigenvalue weighted by atomic mass is 10.1. The molecule has 2 aromatic rings. The molecule has 1 atom stereocenters. The predicted molar refractivity (Wildman–Crippen MR) is 113 cm³/mol. The lowest BCUT2D eigenvalue weighted by Crippen LogP contribution is -2.27.